The molecule has 158 valence electrons. The number of anilines is 1. The van der Waals surface area contributed by atoms with Gasteiger partial charge in [0.25, 0.3) is 0 Å². The molecule has 6 nitrogen and oxygen atoms in total. The highest BCUT2D eigenvalue weighted by molar-refractivity contribution is 7.95. The van der Waals surface area contributed by atoms with Crippen molar-refractivity contribution >= 4 is 34.2 Å². The zero-order valence-corrected chi connectivity index (χ0v) is 18.4. The highest BCUT2D eigenvalue weighted by Gasteiger charge is 2.21. The summed E-state index contributed by atoms with van der Waals surface area (Å²) < 4.78 is 26.1. The number of allylic oxidation sites excluding steroid dienone is 2. The van der Waals surface area contributed by atoms with Crippen LogP contribution in [0.25, 0.3) is 0 Å². The minimum atomic E-state index is -3.63. The molecule has 30 heavy (non-hydrogen) atoms. The molecular weight excluding hydrogens is 418 g/mol. The number of pyridine rings is 1. The number of carbonyl (C=O) groups excluding carboxylic acids is 1. The Morgan fingerprint density at radius 3 is 2.67 bits per heavy atom. The SMILES string of the molecule is CC(S)C1=CC(S(=O)(=O)c2ccc(NC(=O)NCc3cccnc3)cc2)=CCCC1. The van der Waals surface area contributed by atoms with Crippen molar-refractivity contribution in [1.29, 1.82) is 0 Å². The molecule has 0 saturated carbocycles. The normalized spacial score (nSPS) is 15.4. The van der Waals surface area contributed by atoms with Gasteiger partial charge < -0.3 is 10.6 Å². The summed E-state index contributed by atoms with van der Waals surface area (Å²) in [5, 5.41) is 5.45. The highest BCUT2D eigenvalue weighted by Crippen LogP contribution is 2.29. The lowest BCUT2D eigenvalue weighted by atomic mass is 10.1. The largest absolute Gasteiger partial charge is 0.334 e. The number of rotatable bonds is 6. The van der Waals surface area contributed by atoms with Gasteiger partial charge >= 0.3 is 6.03 Å². The molecular formula is C22H25N3O3S2. The summed E-state index contributed by atoms with van der Waals surface area (Å²) in [6, 6.07) is 9.47. The minimum Gasteiger partial charge on any atom is -0.334 e. The number of thiol groups is 1. The second kappa shape index (κ2) is 9.95. The third kappa shape index (κ3) is 5.73. The lowest BCUT2D eigenvalue weighted by molar-refractivity contribution is 0.251. The van der Waals surface area contributed by atoms with Crippen LogP contribution in [0.5, 0.6) is 0 Å². The first kappa shape index (κ1) is 22.1. The number of nitrogens with one attached hydrogen (secondary N) is 2. The van der Waals surface area contributed by atoms with E-state index in [2.05, 4.69) is 28.2 Å². The molecule has 1 aromatic heterocycles. The van der Waals surface area contributed by atoms with Gasteiger partial charge in [0.15, 0.2) is 0 Å². The highest BCUT2D eigenvalue weighted by atomic mass is 32.2. The monoisotopic (exact) mass is 443 g/mol. The molecule has 0 aliphatic heterocycles. The Hall–Kier alpha value is -2.58. The molecule has 0 bridgehead atoms. The van der Waals surface area contributed by atoms with Crippen molar-refractivity contribution in [2.24, 2.45) is 0 Å². The Bertz CT molecular complexity index is 1040. The lowest BCUT2D eigenvalue weighted by Gasteiger charge is -2.11. The van der Waals surface area contributed by atoms with Crippen LogP contribution in [0, 0.1) is 0 Å². The Balaban J connectivity index is 1.67. The third-order valence-electron chi connectivity index (χ3n) is 4.79. The van der Waals surface area contributed by atoms with Gasteiger partial charge in [-0.3, -0.25) is 4.98 Å². The molecule has 1 atom stereocenters. The predicted octanol–water partition coefficient (Wildman–Crippen LogP) is 4.49. The van der Waals surface area contributed by atoms with Crippen molar-refractivity contribution in [3.63, 3.8) is 0 Å². The van der Waals surface area contributed by atoms with Gasteiger partial charge in [-0.1, -0.05) is 17.7 Å². The van der Waals surface area contributed by atoms with Crippen LogP contribution in [-0.4, -0.2) is 24.7 Å². The molecule has 1 aliphatic rings. The maximum atomic E-state index is 13.1. The fraction of sp³-hybridized carbons (Fsp3) is 0.273. The van der Waals surface area contributed by atoms with Crippen molar-refractivity contribution in [3.05, 3.63) is 77.0 Å². The topological polar surface area (TPSA) is 88.2 Å². The van der Waals surface area contributed by atoms with E-state index in [4.69, 9.17) is 0 Å². The van der Waals surface area contributed by atoms with Gasteiger partial charge in [0.05, 0.1) is 9.80 Å². The van der Waals surface area contributed by atoms with Gasteiger partial charge in [0.1, 0.15) is 0 Å². The lowest BCUT2D eigenvalue weighted by Crippen LogP contribution is -2.28. The molecule has 0 spiro atoms. The molecule has 2 N–H and O–H groups in total. The summed E-state index contributed by atoms with van der Waals surface area (Å²) in [6.07, 6.45) is 9.33. The van der Waals surface area contributed by atoms with Crippen molar-refractivity contribution < 1.29 is 13.2 Å². The number of sulfone groups is 1. The van der Waals surface area contributed by atoms with Crippen LogP contribution in [-0.2, 0) is 16.4 Å². The number of hydrogen-bond acceptors (Lipinski definition) is 5. The number of amides is 2. The fourth-order valence-electron chi connectivity index (χ4n) is 3.09. The Labute approximate surface area is 182 Å². The summed E-state index contributed by atoms with van der Waals surface area (Å²) in [6.45, 7) is 2.29. The predicted molar refractivity (Wildman–Crippen MR) is 122 cm³/mol. The molecule has 1 unspecified atom stereocenters. The maximum absolute atomic E-state index is 13.1. The van der Waals surface area contributed by atoms with Crippen molar-refractivity contribution in [2.75, 3.05) is 5.32 Å². The second-order valence-corrected chi connectivity index (χ2v) is 9.81. The van der Waals surface area contributed by atoms with Crippen LogP contribution in [0.1, 0.15) is 31.7 Å². The van der Waals surface area contributed by atoms with Gasteiger partial charge in [-0.2, -0.15) is 12.6 Å². The average molecular weight is 444 g/mol. The number of hydrogen-bond donors (Lipinski definition) is 3. The molecule has 3 rings (SSSR count). The molecule has 8 heteroatoms. The van der Waals surface area contributed by atoms with Gasteiger partial charge in [-0.05, 0) is 68.2 Å². The molecule has 0 radical (unpaired) electrons. The van der Waals surface area contributed by atoms with E-state index in [1.807, 2.05) is 13.0 Å². The Morgan fingerprint density at radius 2 is 2.00 bits per heavy atom. The van der Waals surface area contributed by atoms with Crippen LogP contribution in [0.15, 0.2) is 76.3 Å². The molecule has 1 heterocycles. The van der Waals surface area contributed by atoms with E-state index in [1.54, 1.807) is 42.7 Å². The zero-order chi connectivity index (χ0) is 21.6. The molecule has 2 amide bonds. The second-order valence-electron chi connectivity index (χ2n) is 7.09. The Morgan fingerprint density at radius 1 is 1.23 bits per heavy atom. The van der Waals surface area contributed by atoms with Gasteiger partial charge in [-0.25, -0.2) is 13.2 Å². The summed E-state index contributed by atoms with van der Waals surface area (Å²) >= 11 is 4.46. The standard InChI is InChI=1S/C22H25N3O3S2/c1-16(29)18-6-2-3-7-21(13-18)30(27,28)20-10-8-19(9-11-20)25-22(26)24-15-17-5-4-12-23-14-17/h4-5,7-14,16,29H,2-3,6,15H2,1H3,(H2,24,25,26). The third-order valence-corrected chi connectivity index (χ3v) is 6.92. The van der Waals surface area contributed by atoms with Crippen LogP contribution >= 0.6 is 12.6 Å². The van der Waals surface area contributed by atoms with Crippen molar-refractivity contribution in [1.82, 2.24) is 10.3 Å². The van der Waals surface area contributed by atoms with Crippen LogP contribution in [0.3, 0.4) is 0 Å². The first-order chi connectivity index (χ1) is 14.4. The molecule has 1 aliphatic carbocycles. The Kier molecular flexibility index (Phi) is 7.33. The van der Waals surface area contributed by atoms with E-state index in [9.17, 15) is 13.2 Å². The minimum absolute atomic E-state index is 0.0125. The van der Waals surface area contributed by atoms with Crippen molar-refractivity contribution in [3.8, 4) is 0 Å². The maximum Gasteiger partial charge on any atom is 0.319 e. The summed E-state index contributed by atoms with van der Waals surface area (Å²) in [4.78, 5) is 16.6. The number of carbonyl (C=O) groups is 1. The smallest absolute Gasteiger partial charge is 0.319 e. The summed E-state index contributed by atoms with van der Waals surface area (Å²) in [5.74, 6) is 0. The van der Waals surface area contributed by atoms with Crippen molar-refractivity contribution in [2.45, 2.75) is 42.9 Å². The molecule has 0 fully saturated rings. The molecule has 2 aromatic rings. The van der Waals surface area contributed by atoms with E-state index in [1.165, 1.54) is 12.1 Å². The zero-order valence-electron chi connectivity index (χ0n) is 16.7. The average Bonchev–Trinajstić information content (AvgIpc) is 3.01. The fourth-order valence-corrected chi connectivity index (χ4v) is 4.71. The van der Waals surface area contributed by atoms with E-state index >= 15 is 0 Å². The first-order valence-electron chi connectivity index (χ1n) is 9.74. The number of aromatic nitrogens is 1. The van der Waals surface area contributed by atoms with Gasteiger partial charge in [0, 0.05) is 29.9 Å². The molecule has 0 saturated heterocycles. The number of benzene rings is 1. The summed E-state index contributed by atoms with van der Waals surface area (Å²) in [5.41, 5.74) is 2.41. The summed E-state index contributed by atoms with van der Waals surface area (Å²) in [7, 11) is -3.63. The first-order valence-corrected chi connectivity index (χ1v) is 11.7. The van der Waals surface area contributed by atoms with Gasteiger partial charge in [-0.15, -0.1) is 0 Å². The molecule has 1 aromatic carbocycles. The van der Waals surface area contributed by atoms with Crippen LogP contribution < -0.4 is 10.6 Å². The van der Waals surface area contributed by atoms with E-state index < -0.39 is 9.84 Å². The van der Waals surface area contributed by atoms with E-state index in [-0.39, 0.29) is 16.2 Å². The van der Waals surface area contributed by atoms with E-state index in [0.29, 0.717) is 23.6 Å². The number of nitrogens with zero attached hydrogens (tertiary/aromatic N) is 1. The number of urea groups is 1. The van der Waals surface area contributed by atoms with Crippen LogP contribution in [0.2, 0.25) is 0 Å². The van der Waals surface area contributed by atoms with E-state index in [0.717, 1.165) is 24.0 Å². The quantitative estimate of drug-likeness (QED) is 0.574. The van der Waals surface area contributed by atoms with Crippen LogP contribution in [0.4, 0.5) is 10.5 Å². The van der Waals surface area contributed by atoms with Gasteiger partial charge in [0.2, 0.25) is 9.84 Å².